The number of imidazole rings is 1. The third kappa shape index (κ3) is 3.99. The first-order valence-corrected chi connectivity index (χ1v) is 10.0. The molecule has 0 radical (unpaired) electrons. The maximum Gasteiger partial charge on any atom is 0.329 e. The second kappa shape index (κ2) is 7.21. The molecule has 2 aromatic heterocycles. The predicted molar refractivity (Wildman–Crippen MR) is 116 cm³/mol. The highest BCUT2D eigenvalue weighted by Gasteiger charge is 2.26. The monoisotopic (exact) mass is 397 g/mol. The summed E-state index contributed by atoms with van der Waals surface area (Å²) in [4.78, 5) is 25.7. The average molecular weight is 398 g/mol. The molecule has 7 nitrogen and oxygen atoms in total. The summed E-state index contributed by atoms with van der Waals surface area (Å²) in [5, 5.41) is 7.70. The van der Waals surface area contributed by atoms with Crippen molar-refractivity contribution in [2.45, 2.75) is 72.5 Å². The molecule has 156 valence electrons. The van der Waals surface area contributed by atoms with Crippen molar-refractivity contribution in [3.05, 3.63) is 46.5 Å². The van der Waals surface area contributed by atoms with E-state index in [1.54, 1.807) is 4.57 Å². The summed E-state index contributed by atoms with van der Waals surface area (Å²) in [5.74, 6) is 0.386. The molecule has 1 aromatic carbocycles. The van der Waals surface area contributed by atoms with Crippen molar-refractivity contribution in [3.63, 3.8) is 0 Å². The molecular formula is C22H31N5O2. The normalized spacial score (nSPS) is 12.5. The number of benzene rings is 1. The highest BCUT2D eigenvalue weighted by molar-refractivity contribution is 5.91. The van der Waals surface area contributed by atoms with Crippen molar-refractivity contribution < 1.29 is 4.79 Å². The number of anilines is 1. The summed E-state index contributed by atoms with van der Waals surface area (Å²) in [7, 11) is 0. The van der Waals surface area contributed by atoms with Gasteiger partial charge in [-0.3, -0.25) is 13.9 Å². The first-order chi connectivity index (χ1) is 13.4. The molecule has 0 aliphatic rings. The van der Waals surface area contributed by atoms with Gasteiger partial charge in [-0.1, -0.05) is 32.9 Å². The van der Waals surface area contributed by atoms with E-state index in [9.17, 15) is 9.59 Å². The van der Waals surface area contributed by atoms with Gasteiger partial charge in [-0.2, -0.15) is 5.10 Å². The first kappa shape index (κ1) is 20.9. The zero-order chi connectivity index (χ0) is 21.6. The molecule has 3 aromatic rings. The van der Waals surface area contributed by atoms with Crippen LogP contribution in [0.3, 0.4) is 0 Å². The van der Waals surface area contributed by atoms with Crippen molar-refractivity contribution in [1.82, 2.24) is 18.9 Å². The lowest BCUT2D eigenvalue weighted by atomic mass is 9.92. The number of para-hydroxylation sites is 2. The van der Waals surface area contributed by atoms with E-state index in [0.29, 0.717) is 12.4 Å². The van der Waals surface area contributed by atoms with Crippen LogP contribution in [-0.4, -0.2) is 24.8 Å². The Labute approximate surface area is 171 Å². The number of aromatic nitrogens is 4. The van der Waals surface area contributed by atoms with Gasteiger partial charge in [-0.15, -0.1) is 0 Å². The molecule has 0 aliphatic carbocycles. The molecule has 7 heteroatoms. The maximum absolute atomic E-state index is 12.9. The molecule has 0 atom stereocenters. The predicted octanol–water partition coefficient (Wildman–Crippen LogP) is 3.71. The summed E-state index contributed by atoms with van der Waals surface area (Å²) in [6.45, 7) is 14.8. The molecule has 1 amide bonds. The largest absolute Gasteiger partial charge is 0.329 e. The van der Waals surface area contributed by atoms with Crippen molar-refractivity contribution in [1.29, 1.82) is 0 Å². The van der Waals surface area contributed by atoms with Crippen LogP contribution in [0.1, 0.15) is 54.2 Å². The molecule has 0 fully saturated rings. The van der Waals surface area contributed by atoms with Gasteiger partial charge in [-0.25, -0.2) is 9.48 Å². The number of rotatable bonds is 4. The topological polar surface area (TPSA) is 73.8 Å². The van der Waals surface area contributed by atoms with Crippen LogP contribution in [0.5, 0.6) is 0 Å². The van der Waals surface area contributed by atoms with E-state index < -0.39 is 0 Å². The smallest absolute Gasteiger partial charge is 0.309 e. The van der Waals surface area contributed by atoms with E-state index in [4.69, 9.17) is 5.10 Å². The fraction of sp³-hybridized carbons (Fsp3) is 0.500. The van der Waals surface area contributed by atoms with E-state index in [-0.39, 0.29) is 29.1 Å². The second-order valence-electron chi connectivity index (χ2n) is 9.40. The van der Waals surface area contributed by atoms with Gasteiger partial charge in [0.2, 0.25) is 5.91 Å². The Morgan fingerprint density at radius 1 is 1.03 bits per heavy atom. The summed E-state index contributed by atoms with van der Waals surface area (Å²) in [6, 6.07) is 9.46. The van der Waals surface area contributed by atoms with Crippen LogP contribution in [-0.2, 0) is 28.8 Å². The Kier molecular flexibility index (Phi) is 5.19. The van der Waals surface area contributed by atoms with Gasteiger partial charge in [-0.05, 0) is 39.8 Å². The molecular weight excluding hydrogens is 366 g/mol. The molecule has 0 saturated heterocycles. The fourth-order valence-corrected chi connectivity index (χ4v) is 3.40. The third-order valence-electron chi connectivity index (χ3n) is 4.92. The number of aryl methyl sites for hydroxylation is 1. The number of amides is 1. The van der Waals surface area contributed by atoms with Gasteiger partial charge in [0.05, 0.1) is 22.3 Å². The van der Waals surface area contributed by atoms with Gasteiger partial charge in [0.15, 0.2) is 0 Å². The number of nitrogens with zero attached hydrogens (tertiary/aromatic N) is 4. The van der Waals surface area contributed by atoms with Gasteiger partial charge in [0.1, 0.15) is 12.4 Å². The molecule has 0 aliphatic heterocycles. The van der Waals surface area contributed by atoms with Gasteiger partial charge in [0.25, 0.3) is 0 Å². The van der Waals surface area contributed by atoms with Crippen molar-refractivity contribution in [2.24, 2.45) is 0 Å². The highest BCUT2D eigenvalue weighted by Crippen LogP contribution is 2.28. The molecule has 0 unspecified atom stereocenters. The van der Waals surface area contributed by atoms with E-state index in [2.05, 4.69) is 26.1 Å². The van der Waals surface area contributed by atoms with Crippen molar-refractivity contribution in [3.8, 4) is 0 Å². The quantitative estimate of drug-likeness (QED) is 0.729. The number of carbonyl (C=O) groups is 1. The third-order valence-corrected chi connectivity index (χ3v) is 4.92. The van der Waals surface area contributed by atoms with Crippen LogP contribution in [0.15, 0.2) is 35.1 Å². The van der Waals surface area contributed by atoms with Gasteiger partial charge >= 0.3 is 5.69 Å². The Balaban J connectivity index is 1.95. The van der Waals surface area contributed by atoms with Crippen LogP contribution in [0.4, 0.5) is 5.82 Å². The van der Waals surface area contributed by atoms with Crippen LogP contribution >= 0.6 is 0 Å². The molecule has 0 spiro atoms. The fourth-order valence-electron chi connectivity index (χ4n) is 3.40. The lowest BCUT2D eigenvalue weighted by Crippen LogP contribution is -2.31. The minimum Gasteiger partial charge on any atom is -0.309 e. The molecule has 3 rings (SSSR count). The van der Waals surface area contributed by atoms with Gasteiger partial charge in [0, 0.05) is 18.0 Å². The average Bonchev–Trinajstić information content (AvgIpc) is 3.15. The summed E-state index contributed by atoms with van der Waals surface area (Å²) < 4.78 is 5.04. The molecule has 1 N–H and O–H groups in total. The zero-order valence-corrected chi connectivity index (χ0v) is 18.4. The number of hydrogen-bond donors (Lipinski definition) is 1. The second-order valence-corrected chi connectivity index (χ2v) is 9.40. The van der Waals surface area contributed by atoms with Crippen molar-refractivity contribution >= 4 is 22.8 Å². The first-order valence-electron chi connectivity index (χ1n) is 10.0. The lowest BCUT2D eigenvalue weighted by molar-refractivity contribution is -0.116. The SMILES string of the molecule is CCn1c(=O)n(CC(=O)Nc2cc(C(C)(C)C)nn2C(C)(C)C)c2ccccc21. The highest BCUT2D eigenvalue weighted by atomic mass is 16.2. The number of fused-ring (bicyclic) bond motifs is 1. The van der Waals surface area contributed by atoms with Gasteiger partial charge < -0.3 is 5.32 Å². The zero-order valence-electron chi connectivity index (χ0n) is 18.4. The van der Waals surface area contributed by atoms with Crippen LogP contribution in [0, 0.1) is 0 Å². The minimum absolute atomic E-state index is 0.0491. The Bertz CT molecular complexity index is 1100. The van der Waals surface area contributed by atoms with E-state index in [1.165, 1.54) is 4.57 Å². The van der Waals surface area contributed by atoms with Crippen LogP contribution in [0.2, 0.25) is 0 Å². The molecule has 0 bridgehead atoms. The molecule has 29 heavy (non-hydrogen) atoms. The van der Waals surface area contributed by atoms with Crippen LogP contribution < -0.4 is 11.0 Å². The standard InChI is InChI=1S/C22H31N5O2/c1-8-25-15-11-9-10-12-16(15)26(20(25)29)14-19(28)23-18-13-17(21(2,3)4)24-27(18)22(5,6)7/h9-13H,8,14H2,1-7H3,(H,23,28). The number of hydrogen-bond acceptors (Lipinski definition) is 3. The summed E-state index contributed by atoms with van der Waals surface area (Å²) in [5.41, 5.74) is 1.89. The Hall–Kier alpha value is -2.83. The minimum atomic E-state index is -0.290. The molecule has 0 saturated carbocycles. The van der Waals surface area contributed by atoms with E-state index >= 15 is 0 Å². The molecule has 2 heterocycles. The van der Waals surface area contributed by atoms with E-state index in [0.717, 1.165) is 16.7 Å². The Morgan fingerprint density at radius 2 is 1.62 bits per heavy atom. The van der Waals surface area contributed by atoms with Crippen LogP contribution in [0.25, 0.3) is 11.0 Å². The summed E-state index contributed by atoms with van der Waals surface area (Å²) in [6.07, 6.45) is 0. The van der Waals surface area contributed by atoms with Crippen molar-refractivity contribution in [2.75, 3.05) is 5.32 Å². The number of carbonyl (C=O) groups excluding carboxylic acids is 1. The maximum atomic E-state index is 12.9. The summed E-state index contributed by atoms with van der Waals surface area (Å²) >= 11 is 0. The van der Waals surface area contributed by atoms with E-state index in [1.807, 2.05) is 62.7 Å². The Morgan fingerprint density at radius 3 is 2.14 bits per heavy atom. The lowest BCUT2D eigenvalue weighted by Gasteiger charge is -2.23. The number of nitrogens with one attached hydrogen (secondary N) is 1.